The Morgan fingerprint density at radius 2 is 2.36 bits per heavy atom. The third-order valence-corrected chi connectivity index (χ3v) is 2.26. The summed E-state index contributed by atoms with van der Waals surface area (Å²) in [4.78, 5) is 3.17. The van der Waals surface area contributed by atoms with Crippen LogP contribution in [0.4, 0.5) is 0 Å². The van der Waals surface area contributed by atoms with Crippen molar-refractivity contribution in [3.05, 3.63) is 48.2 Å². The lowest BCUT2D eigenvalue weighted by Crippen LogP contribution is -1.78. The van der Waals surface area contributed by atoms with Crippen LogP contribution in [0.25, 0.3) is 10.9 Å². The van der Waals surface area contributed by atoms with Crippen LogP contribution in [0.15, 0.2) is 37.1 Å². The van der Waals surface area contributed by atoms with Crippen LogP contribution < -0.4 is 0 Å². The first-order chi connectivity index (χ1) is 6.85. The Bertz CT molecular complexity index is 515. The van der Waals surface area contributed by atoms with E-state index in [4.69, 9.17) is 5.26 Å². The van der Waals surface area contributed by atoms with Crippen molar-refractivity contribution in [1.82, 2.24) is 4.98 Å². The summed E-state index contributed by atoms with van der Waals surface area (Å²) in [5.74, 6) is 0. The molecule has 0 spiro atoms. The summed E-state index contributed by atoms with van der Waals surface area (Å²) in [5.41, 5.74) is 2.95. The molecule has 0 unspecified atom stereocenters. The van der Waals surface area contributed by atoms with Crippen LogP contribution in [0.1, 0.15) is 11.1 Å². The van der Waals surface area contributed by atoms with Gasteiger partial charge in [-0.2, -0.15) is 5.26 Å². The lowest BCUT2D eigenvalue weighted by atomic mass is 10.1. The summed E-state index contributed by atoms with van der Waals surface area (Å²) < 4.78 is 0. The fraction of sp³-hybridized carbons (Fsp3) is 0.0833. The molecule has 0 atom stereocenters. The minimum atomic E-state index is 0.697. The number of hydrogen-bond donors (Lipinski definition) is 1. The highest BCUT2D eigenvalue weighted by molar-refractivity contribution is 5.84. The second kappa shape index (κ2) is 3.39. The van der Waals surface area contributed by atoms with E-state index >= 15 is 0 Å². The summed E-state index contributed by atoms with van der Waals surface area (Å²) in [7, 11) is 0. The molecule has 0 saturated heterocycles. The molecule has 0 saturated carbocycles. The third-order valence-electron chi connectivity index (χ3n) is 2.26. The predicted molar refractivity (Wildman–Crippen MR) is 56.9 cm³/mol. The Hall–Kier alpha value is -2.01. The van der Waals surface area contributed by atoms with Crippen molar-refractivity contribution in [3.8, 4) is 6.07 Å². The SMILES string of the molecule is C=CCc1c[nH]c2ccc(C#N)cc12. The minimum Gasteiger partial charge on any atom is -0.361 e. The zero-order valence-electron chi connectivity index (χ0n) is 7.75. The van der Waals surface area contributed by atoms with Crippen molar-refractivity contribution < 1.29 is 0 Å². The van der Waals surface area contributed by atoms with Crippen LogP contribution in [0, 0.1) is 11.3 Å². The standard InChI is InChI=1S/C12H10N2/c1-2-3-10-8-14-12-5-4-9(7-13)6-11(10)12/h2,4-6,8,14H,1,3H2. The first kappa shape index (κ1) is 8.58. The van der Waals surface area contributed by atoms with E-state index in [0.717, 1.165) is 17.3 Å². The van der Waals surface area contributed by atoms with Gasteiger partial charge in [0.1, 0.15) is 0 Å². The van der Waals surface area contributed by atoms with Crippen molar-refractivity contribution in [1.29, 1.82) is 5.26 Å². The van der Waals surface area contributed by atoms with E-state index in [1.807, 2.05) is 30.5 Å². The van der Waals surface area contributed by atoms with Gasteiger partial charge in [-0.15, -0.1) is 6.58 Å². The van der Waals surface area contributed by atoms with Crippen molar-refractivity contribution >= 4 is 10.9 Å². The maximum Gasteiger partial charge on any atom is 0.0991 e. The second-order valence-corrected chi connectivity index (χ2v) is 3.18. The van der Waals surface area contributed by atoms with E-state index in [1.165, 1.54) is 5.56 Å². The fourth-order valence-corrected chi connectivity index (χ4v) is 1.57. The van der Waals surface area contributed by atoms with Crippen LogP contribution in [0.5, 0.6) is 0 Å². The van der Waals surface area contributed by atoms with Crippen molar-refractivity contribution in [2.75, 3.05) is 0 Å². The summed E-state index contributed by atoms with van der Waals surface area (Å²) in [6.07, 6.45) is 4.66. The summed E-state index contributed by atoms with van der Waals surface area (Å²) in [6.45, 7) is 3.71. The zero-order chi connectivity index (χ0) is 9.97. The number of benzene rings is 1. The zero-order valence-corrected chi connectivity index (χ0v) is 7.75. The van der Waals surface area contributed by atoms with Gasteiger partial charge in [-0.3, -0.25) is 0 Å². The monoisotopic (exact) mass is 182 g/mol. The highest BCUT2D eigenvalue weighted by atomic mass is 14.7. The Balaban J connectivity index is 2.64. The smallest absolute Gasteiger partial charge is 0.0991 e. The molecule has 1 aromatic heterocycles. The van der Waals surface area contributed by atoms with Crippen molar-refractivity contribution in [2.45, 2.75) is 6.42 Å². The highest BCUT2D eigenvalue weighted by Crippen LogP contribution is 2.20. The lowest BCUT2D eigenvalue weighted by Gasteiger charge is -1.94. The molecule has 2 rings (SSSR count). The highest BCUT2D eigenvalue weighted by Gasteiger charge is 2.02. The topological polar surface area (TPSA) is 39.6 Å². The van der Waals surface area contributed by atoms with Gasteiger partial charge in [0.15, 0.2) is 0 Å². The average molecular weight is 182 g/mol. The first-order valence-corrected chi connectivity index (χ1v) is 4.46. The molecule has 1 N–H and O–H groups in total. The van der Waals surface area contributed by atoms with E-state index < -0.39 is 0 Å². The maximum absolute atomic E-state index is 8.77. The number of rotatable bonds is 2. The lowest BCUT2D eigenvalue weighted by molar-refractivity contribution is 1.29. The Kier molecular flexibility index (Phi) is 2.08. The average Bonchev–Trinajstić information content (AvgIpc) is 2.61. The molecule has 14 heavy (non-hydrogen) atoms. The van der Waals surface area contributed by atoms with Gasteiger partial charge in [0.2, 0.25) is 0 Å². The molecular formula is C12H10N2. The first-order valence-electron chi connectivity index (χ1n) is 4.46. The van der Waals surface area contributed by atoms with Gasteiger partial charge in [0.05, 0.1) is 11.6 Å². The van der Waals surface area contributed by atoms with Gasteiger partial charge in [0.25, 0.3) is 0 Å². The minimum absolute atomic E-state index is 0.697. The van der Waals surface area contributed by atoms with Crippen LogP contribution >= 0.6 is 0 Å². The Morgan fingerprint density at radius 1 is 1.50 bits per heavy atom. The molecule has 0 aliphatic carbocycles. The number of allylic oxidation sites excluding steroid dienone is 1. The molecule has 2 heteroatoms. The van der Waals surface area contributed by atoms with Crippen LogP contribution in [-0.4, -0.2) is 4.98 Å². The number of nitriles is 1. The van der Waals surface area contributed by atoms with Gasteiger partial charge in [-0.1, -0.05) is 6.08 Å². The number of aromatic nitrogens is 1. The molecule has 68 valence electrons. The van der Waals surface area contributed by atoms with Gasteiger partial charge in [-0.25, -0.2) is 0 Å². The van der Waals surface area contributed by atoms with Crippen LogP contribution in [0.2, 0.25) is 0 Å². The molecule has 1 aromatic carbocycles. The van der Waals surface area contributed by atoms with E-state index in [2.05, 4.69) is 17.6 Å². The second-order valence-electron chi connectivity index (χ2n) is 3.18. The van der Waals surface area contributed by atoms with Gasteiger partial charge >= 0.3 is 0 Å². The molecular weight excluding hydrogens is 172 g/mol. The van der Waals surface area contributed by atoms with Crippen LogP contribution in [-0.2, 0) is 6.42 Å². The quantitative estimate of drug-likeness (QED) is 0.712. The van der Waals surface area contributed by atoms with E-state index in [0.29, 0.717) is 5.56 Å². The summed E-state index contributed by atoms with van der Waals surface area (Å²) in [5, 5.41) is 9.89. The largest absolute Gasteiger partial charge is 0.361 e. The molecule has 0 aliphatic heterocycles. The Morgan fingerprint density at radius 3 is 3.07 bits per heavy atom. The van der Waals surface area contributed by atoms with Gasteiger partial charge < -0.3 is 4.98 Å². The van der Waals surface area contributed by atoms with Gasteiger partial charge in [-0.05, 0) is 30.2 Å². The summed E-state index contributed by atoms with van der Waals surface area (Å²) >= 11 is 0. The molecule has 1 heterocycles. The maximum atomic E-state index is 8.77. The van der Waals surface area contributed by atoms with Crippen LogP contribution in [0.3, 0.4) is 0 Å². The molecule has 0 fully saturated rings. The number of aromatic amines is 1. The van der Waals surface area contributed by atoms with Crippen molar-refractivity contribution in [2.24, 2.45) is 0 Å². The Labute approximate surface area is 82.5 Å². The molecule has 2 nitrogen and oxygen atoms in total. The molecule has 0 amide bonds. The third kappa shape index (κ3) is 1.29. The van der Waals surface area contributed by atoms with E-state index in [1.54, 1.807) is 0 Å². The molecule has 2 aromatic rings. The van der Waals surface area contributed by atoms with Crippen molar-refractivity contribution in [3.63, 3.8) is 0 Å². The molecule has 0 radical (unpaired) electrons. The predicted octanol–water partition coefficient (Wildman–Crippen LogP) is 2.77. The number of fused-ring (bicyclic) bond motifs is 1. The number of nitrogens with zero attached hydrogens (tertiary/aromatic N) is 1. The van der Waals surface area contributed by atoms with E-state index in [-0.39, 0.29) is 0 Å². The number of hydrogen-bond acceptors (Lipinski definition) is 1. The normalized spacial score (nSPS) is 9.93. The number of H-pyrrole nitrogens is 1. The molecule has 0 aliphatic rings. The summed E-state index contributed by atoms with van der Waals surface area (Å²) in [6, 6.07) is 7.79. The van der Waals surface area contributed by atoms with Gasteiger partial charge in [0, 0.05) is 17.1 Å². The molecule has 0 bridgehead atoms. The van der Waals surface area contributed by atoms with E-state index in [9.17, 15) is 0 Å². The fourth-order valence-electron chi connectivity index (χ4n) is 1.57. The number of nitrogens with one attached hydrogen (secondary N) is 1.